The number of carbonyl (C=O) groups excluding carboxylic acids is 4. The fourth-order valence-corrected chi connectivity index (χ4v) is 24.2. The quantitative estimate of drug-likeness (QED) is 0.0609. The van der Waals surface area contributed by atoms with Crippen molar-refractivity contribution in [1.29, 1.82) is 0 Å². The lowest BCUT2D eigenvalue weighted by atomic mass is 9.64. The van der Waals surface area contributed by atoms with Crippen LogP contribution >= 0.6 is 0 Å². The Labute approximate surface area is 897 Å². The van der Waals surface area contributed by atoms with E-state index >= 15 is 18.4 Å². The number of anilines is 2. The molecule has 1 saturated carbocycles. The molecule has 0 bridgehead atoms. The van der Waals surface area contributed by atoms with Gasteiger partial charge in [0.05, 0.1) is 26.1 Å². The SMILES string of the molecule is CCCCCCCCCCCCCCCCCCCCCCCCCCCCCCCCCCCCCCCCCCCCCCCCCCCCCCCCCCCCCCCCCCCCCCCCCCCCCCCCCCCCCCCCCCCCCC(C1CCCCC1)[C@H](C(=O)[C@H](C(C)C)N(C(=O)OC)c1ccccn1)[C@@H](O)C(F)(F)[C@H](C(=O)[C@H](C(C)C)N(C(=O)OC)c1ccccn1)C(C)CN. The molecule has 7 atom stereocenters. The molecule has 12 nitrogen and oxygen atoms in total. The van der Waals surface area contributed by atoms with E-state index in [9.17, 15) is 14.7 Å². The summed E-state index contributed by atoms with van der Waals surface area (Å²) in [7, 11) is 2.34. The molecule has 0 saturated heterocycles. The van der Waals surface area contributed by atoms with Crippen molar-refractivity contribution < 1.29 is 42.5 Å². The maximum atomic E-state index is 18.5. The molecular weight excluding hydrogens is 1790 g/mol. The van der Waals surface area contributed by atoms with Crippen LogP contribution in [0.2, 0.25) is 0 Å². The summed E-state index contributed by atoms with van der Waals surface area (Å²) in [5.74, 6) is -13.4. The smallest absolute Gasteiger partial charge is 0.415 e. The Morgan fingerprint density at radius 1 is 0.324 bits per heavy atom. The van der Waals surface area contributed by atoms with E-state index in [-0.39, 0.29) is 24.1 Å². The Kier molecular flexibility index (Phi) is 91.4. The van der Waals surface area contributed by atoms with Gasteiger partial charge in [0.2, 0.25) is 0 Å². The highest BCUT2D eigenvalue weighted by Crippen LogP contribution is 2.48. The minimum Gasteiger partial charge on any atom is -0.452 e. The summed E-state index contributed by atoms with van der Waals surface area (Å²) in [6.45, 7) is 10.2. The first-order valence-corrected chi connectivity index (χ1v) is 64.5. The van der Waals surface area contributed by atoms with Crippen molar-refractivity contribution in [3.63, 3.8) is 0 Å². The standard InChI is InChI=1S/C131H241F2N5O7/c1-9-10-11-12-13-14-15-16-17-18-19-20-21-22-23-24-25-26-27-28-29-30-31-32-33-34-35-36-37-38-39-40-41-42-43-44-45-46-47-48-49-50-51-52-53-54-55-56-57-58-59-60-61-62-63-64-65-66-67-68-69-70-71-72-73-74-75-76-77-78-79-80-81-82-83-84-85-86-87-88-89-90-91-92-93-94-95-96-97-98-102-109-119(118-107-100-99-101-108-118)122(126(139)124(115(2)3)137(129(142)144-7)120-110-103-105-112-135-120)128(141)131(132,133)123(117(6)114-134)127(140)125(116(4)5)138(130(143)145-8)121-111-104-106-113-136-121/h103-106,110-113,115-119,122-125,128,141H,9-102,107-109,114,134H2,1-8H3/t117?,119?,122-,123+,124+,125+,128-/m1/s1. The molecule has 3 N–H and O–H groups in total. The van der Waals surface area contributed by atoms with E-state index in [1.165, 1.54) is 585 Å². The van der Waals surface area contributed by atoms with Gasteiger partial charge in [-0.1, -0.05) is 670 Å². The van der Waals surface area contributed by atoms with Crippen LogP contribution in [0.3, 0.4) is 0 Å². The number of amides is 2. The zero-order valence-corrected chi connectivity index (χ0v) is 97.2. The largest absolute Gasteiger partial charge is 0.452 e. The van der Waals surface area contributed by atoms with E-state index in [0.717, 1.165) is 61.9 Å². The normalized spacial score (nSPS) is 14.2. The summed E-state index contributed by atoms with van der Waals surface area (Å²) in [6, 6.07) is 6.74. The van der Waals surface area contributed by atoms with Crippen LogP contribution in [0.15, 0.2) is 48.8 Å². The number of ketones is 2. The van der Waals surface area contributed by atoms with Gasteiger partial charge in [-0.05, 0) is 66.8 Å². The molecule has 14 heteroatoms. The summed E-state index contributed by atoms with van der Waals surface area (Å²) < 4.78 is 47.4. The van der Waals surface area contributed by atoms with Crippen molar-refractivity contribution in [3.05, 3.63) is 48.8 Å². The second-order valence-corrected chi connectivity index (χ2v) is 47.2. The van der Waals surface area contributed by atoms with Gasteiger partial charge in [-0.2, -0.15) is 0 Å². The predicted molar refractivity (Wildman–Crippen MR) is 622 cm³/mol. The maximum absolute atomic E-state index is 18.5. The minimum atomic E-state index is -4.27. The second-order valence-electron chi connectivity index (χ2n) is 47.2. The molecule has 846 valence electrons. The molecule has 0 spiro atoms. The van der Waals surface area contributed by atoms with Gasteiger partial charge in [-0.15, -0.1) is 0 Å². The Hall–Kier alpha value is -4.04. The van der Waals surface area contributed by atoms with Crippen LogP contribution in [-0.2, 0) is 19.1 Å². The van der Waals surface area contributed by atoms with Crippen LogP contribution in [-0.4, -0.2) is 83.7 Å². The highest BCUT2D eigenvalue weighted by molar-refractivity contribution is 6.01. The molecule has 145 heavy (non-hydrogen) atoms. The zero-order valence-electron chi connectivity index (χ0n) is 97.2. The van der Waals surface area contributed by atoms with Gasteiger partial charge in [0, 0.05) is 12.4 Å². The maximum Gasteiger partial charge on any atom is 0.415 e. The number of aliphatic hydroxyl groups excluding tert-OH is 1. The van der Waals surface area contributed by atoms with Crippen LogP contribution in [0.25, 0.3) is 0 Å². The molecular formula is C131H241F2N5O7. The lowest BCUT2D eigenvalue weighted by Crippen LogP contribution is -2.62. The molecule has 1 fully saturated rings. The lowest BCUT2D eigenvalue weighted by molar-refractivity contribution is -0.194. The average molecular weight is 2040 g/mol. The van der Waals surface area contributed by atoms with E-state index in [1.54, 1.807) is 58.0 Å². The number of halogens is 2. The number of Topliss-reactive ketones (excluding diaryl/α,β-unsaturated/α-hetero) is 2. The monoisotopic (exact) mass is 2030 g/mol. The fourth-order valence-electron chi connectivity index (χ4n) is 24.2. The molecule has 2 aromatic rings. The van der Waals surface area contributed by atoms with Gasteiger partial charge in [0.25, 0.3) is 5.92 Å². The van der Waals surface area contributed by atoms with E-state index in [0.29, 0.717) is 25.7 Å². The topological polar surface area (TPSA) is 165 Å². The minimum absolute atomic E-state index is 0.0244. The number of unbranched alkanes of at least 4 members (excludes halogenated alkanes) is 90. The number of hydrogen-bond acceptors (Lipinski definition) is 10. The van der Waals surface area contributed by atoms with Crippen molar-refractivity contribution in [2.45, 2.75) is 688 Å². The number of hydrogen-bond donors (Lipinski definition) is 2. The Bertz CT molecular complexity index is 3120. The number of aliphatic hydroxyl groups is 1. The zero-order chi connectivity index (χ0) is 105. The number of aromatic nitrogens is 2. The van der Waals surface area contributed by atoms with Gasteiger partial charge < -0.3 is 20.3 Å². The molecule has 0 aliphatic heterocycles. The predicted octanol–water partition coefficient (Wildman–Crippen LogP) is 42.4. The number of alkyl halides is 2. The summed E-state index contributed by atoms with van der Waals surface area (Å²) in [5.41, 5.74) is 6.24. The van der Waals surface area contributed by atoms with Crippen molar-refractivity contribution >= 4 is 35.4 Å². The number of carbonyl (C=O) groups is 4. The van der Waals surface area contributed by atoms with Gasteiger partial charge in [0.15, 0.2) is 11.6 Å². The first kappa shape index (κ1) is 135. The van der Waals surface area contributed by atoms with Gasteiger partial charge in [0.1, 0.15) is 29.8 Å². The van der Waals surface area contributed by atoms with Gasteiger partial charge in [-0.25, -0.2) is 28.3 Å². The van der Waals surface area contributed by atoms with E-state index < -0.39 is 83.4 Å². The first-order chi connectivity index (χ1) is 71.1. The molecule has 2 amide bonds. The van der Waals surface area contributed by atoms with Crippen LogP contribution in [0.4, 0.5) is 30.0 Å². The summed E-state index contributed by atoms with van der Waals surface area (Å²) in [6.07, 6.45) is 132. The number of ether oxygens (including phenoxy) is 2. The van der Waals surface area contributed by atoms with E-state index in [1.807, 2.05) is 0 Å². The Morgan fingerprint density at radius 2 is 0.524 bits per heavy atom. The molecule has 0 aromatic carbocycles. The molecule has 2 heterocycles. The highest BCUT2D eigenvalue weighted by atomic mass is 19.3. The van der Waals surface area contributed by atoms with E-state index in [2.05, 4.69) is 16.9 Å². The van der Waals surface area contributed by atoms with Gasteiger partial charge >= 0.3 is 12.2 Å². The third kappa shape index (κ3) is 70.1. The molecule has 1 aliphatic carbocycles. The molecule has 2 unspecified atom stereocenters. The highest BCUT2D eigenvalue weighted by Gasteiger charge is 2.60. The molecule has 3 rings (SSSR count). The third-order valence-electron chi connectivity index (χ3n) is 33.5. The number of nitrogens with two attached hydrogens (primary N) is 1. The van der Waals surface area contributed by atoms with Crippen molar-refractivity contribution in [1.82, 2.24) is 9.97 Å². The van der Waals surface area contributed by atoms with Crippen molar-refractivity contribution in [2.24, 2.45) is 47.2 Å². The van der Waals surface area contributed by atoms with Crippen LogP contribution in [0, 0.1) is 41.4 Å². The third-order valence-corrected chi connectivity index (χ3v) is 33.5. The number of nitrogens with zero attached hydrogens (tertiary/aromatic N) is 4. The molecule has 2 aromatic heterocycles. The first-order valence-electron chi connectivity index (χ1n) is 64.5. The summed E-state index contributed by atoms with van der Waals surface area (Å²) in [5, 5.41) is 12.9. The number of methoxy groups -OCH3 is 2. The van der Waals surface area contributed by atoms with Crippen LogP contribution < -0.4 is 15.5 Å². The number of rotatable bonds is 109. The number of pyridine rings is 2. The van der Waals surface area contributed by atoms with Crippen molar-refractivity contribution in [3.8, 4) is 0 Å². The lowest BCUT2D eigenvalue weighted by Gasteiger charge is -2.45. The summed E-state index contributed by atoms with van der Waals surface area (Å²) in [4.78, 5) is 69.8. The Morgan fingerprint density at radius 3 is 0.703 bits per heavy atom. The molecule has 1 aliphatic rings. The van der Waals surface area contributed by atoms with E-state index in [4.69, 9.17) is 15.2 Å². The molecule has 0 radical (unpaired) electrons. The van der Waals surface area contributed by atoms with Crippen molar-refractivity contribution in [2.75, 3.05) is 30.6 Å². The average Bonchev–Trinajstić information content (AvgIpc) is 0.750. The summed E-state index contributed by atoms with van der Waals surface area (Å²) >= 11 is 0. The second kappa shape index (κ2) is 98.1. The Balaban J connectivity index is 1.03. The van der Waals surface area contributed by atoms with Gasteiger partial charge in [-0.3, -0.25) is 19.4 Å². The van der Waals surface area contributed by atoms with Crippen LogP contribution in [0.1, 0.15) is 664 Å². The fraction of sp³-hybridized carbons (Fsp3) is 0.893. The van der Waals surface area contributed by atoms with Crippen LogP contribution in [0.5, 0.6) is 0 Å².